The fourth-order valence-corrected chi connectivity index (χ4v) is 1.74. The number of carbonyl (C=O) groups excluding carboxylic acids is 1. The number of ether oxygens (including phenoxy) is 1. The number of pyridine rings is 1. The highest BCUT2D eigenvalue weighted by Gasteiger charge is 2.11. The quantitative estimate of drug-likeness (QED) is 0.673. The van der Waals surface area contributed by atoms with Crippen molar-refractivity contribution in [2.24, 2.45) is 0 Å². The molecule has 0 amide bonds. The molecular weight excluding hydrogens is 240 g/mol. The van der Waals surface area contributed by atoms with Crippen LogP contribution in [0.3, 0.4) is 0 Å². The topological polar surface area (TPSA) is 65.2 Å². The molecule has 0 unspecified atom stereocenters. The predicted molar refractivity (Wildman–Crippen MR) is 73.8 cm³/mol. The summed E-state index contributed by atoms with van der Waals surface area (Å²) in [5.41, 5.74) is 8.70. The summed E-state index contributed by atoms with van der Waals surface area (Å²) in [6, 6.07) is 9.12. The molecular formula is C15H16N2O2. The number of hydrogen-bond donors (Lipinski definition) is 1. The van der Waals surface area contributed by atoms with Gasteiger partial charge >= 0.3 is 5.97 Å². The second kappa shape index (κ2) is 6.00. The number of aromatic nitrogens is 1. The third-order valence-corrected chi connectivity index (χ3v) is 2.80. The van der Waals surface area contributed by atoms with Gasteiger partial charge in [-0.3, -0.25) is 4.98 Å². The fraction of sp³-hybridized carbons (Fsp3) is 0.200. The molecule has 0 spiro atoms. The zero-order chi connectivity index (χ0) is 13.7. The van der Waals surface area contributed by atoms with Crippen LogP contribution in [-0.2, 0) is 11.2 Å². The monoisotopic (exact) mass is 256 g/mol. The van der Waals surface area contributed by atoms with Crippen LogP contribution >= 0.6 is 0 Å². The maximum atomic E-state index is 11.9. The Morgan fingerprint density at radius 2 is 2.00 bits per heavy atom. The Balaban J connectivity index is 1.93. The number of nitrogens with two attached hydrogens (primary N) is 1. The van der Waals surface area contributed by atoms with Crippen LogP contribution in [0.15, 0.2) is 42.7 Å². The molecule has 0 saturated carbocycles. The third-order valence-electron chi connectivity index (χ3n) is 2.80. The van der Waals surface area contributed by atoms with E-state index in [-0.39, 0.29) is 5.97 Å². The Hall–Kier alpha value is -2.36. The first-order valence-electron chi connectivity index (χ1n) is 6.09. The highest BCUT2D eigenvalue weighted by atomic mass is 16.5. The van der Waals surface area contributed by atoms with Crippen molar-refractivity contribution in [3.05, 3.63) is 59.4 Å². The number of anilines is 1. The van der Waals surface area contributed by atoms with E-state index in [1.165, 1.54) is 0 Å². The Bertz CT molecular complexity index is 568. The molecule has 98 valence electrons. The number of aryl methyl sites for hydroxylation is 1. The van der Waals surface area contributed by atoms with Crippen LogP contribution in [0.25, 0.3) is 0 Å². The molecule has 2 aromatic rings. The van der Waals surface area contributed by atoms with Crippen molar-refractivity contribution in [1.29, 1.82) is 0 Å². The summed E-state index contributed by atoms with van der Waals surface area (Å²) in [6.45, 7) is 2.24. The van der Waals surface area contributed by atoms with E-state index in [1.54, 1.807) is 24.5 Å². The SMILES string of the molecule is Cc1ccc(N)c(C(=O)OCCc2ccncc2)c1. The lowest BCUT2D eigenvalue weighted by atomic mass is 10.1. The first-order valence-corrected chi connectivity index (χ1v) is 6.09. The van der Waals surface area contributed by atoms with Gasteiger partial charge < -0.3 is 10.5 Å². The lowest BCUT2D eigenvalue weighted by molar-refractivity contribution is 0.0510. The molecule has 19 heavy (non-hydrogen) atoms. The van der Waals surface area contributed by atoms with Crippen molar-refractivity contribution in [1.82, 2.24) is 4.98 Å². The summed E-state index contributed by atoms with van der Waals surface area (Å²) in [6.07, 6.45) is 4.10. The van der Waals surface area contributed by atoms with Crippen LogP contribution < -0.4 is 5.73 Å². The van der Waals surface area contributed by atoms with Crippen molar-refractivity contribution in [2.45, 2.75) is 13.3 Å². The number of nitrogen functional groups attached to an aromatic ring is 1. The lowest BCUT2D eigenvalue weighted by Crippen LogP contribution is -2.10. The highest BCUT2D eigenvalue weighted by Crippen LogP contribution is 2.15. The number of hydrogen-bond acceptors (Lipinski definition) is 4. The van der Waals surface area contributed by atoms with Gasteiger partial charge in [0.25, 0.3) is 0 Å². The molecule has 1 heterocycles. The number of carbonyl (C=O) groups is 1. The molecule has 0 atom stereocenters. The van der Waals surface area contributed by atoms with Crippen LogP contribution in [-0.4, -0.2) is 17.6 Å². The van der Waals surface area contributed by atoms with Gasteiger partial charge in [-0.1, -0.05) is 11.6 Å². The summed E-state index contributed by atoms with van der Waals surface area (Å²) in [4.78, 5) is 15.8. The summed E-state index contributed by atoms with van der Waals surface area (Å²) < 4.78 is 5.23. The highest BCUT2D eigenvalue weighted by molar-refractivity contribution is 5.95. The summed E-state index contributed by atoms with van der Waals surface area (Å²) in [5, 5.41) is 0. The zero-order valence-electron chi connectivity index (χ0n) is 10.8. The second-order valence-electron chi connectivity index (χ2n) is 4.33. The largest absolute Gasteiger partial charge is 0.462 e. The van der Waals surface area contributed by atoms with E-state index in [4.69, 9.17) is 10.5 Å². The maximum absolute atomic E-state index is 11.9. The Morgan fingerprint density at radius 1 is 1.26 bits per heavy atom. The molecule has 1 aromatic heterocycles. The zero-order valence-corrected chi connectivity index (χ0v) is 10.8. The molecule has 0 aliphatic rings. The maximum Gasteiger partial charge on any atom is 0.340 e. The second-order valence-corrected chi connectivity index (χ2v) is 4.33. The van der Waals surface area contributed by atoms with E-state index >= 15 is 0 Å². The van der Waals surface area contributed by atoms with Crippen molar-refractivity contribution in [3.8, 4) is 0 Å². The average Bonchev–Trinajstić information content (AvgIpc) is 2.42. The molecule has 0 aliphatic carbocycles. The average molecular weight is 256 g/mol. The number of nitrogens with zero attached hydrogens (tertiary/aromatic N) is 1. The summed E-state index contributed by atoms with van der Waals surface area (Å²) in [7, 11) is 0. The molecule has 0 saturated heterocycles. The van der Waals surface area contributed by atoms with Crippen molar-refractivity contribution < 1.29 is 9.53 Å². The minimum atomic E-state index is -0.379. The molecule has 4 heteroatoms. The van der Waals surface area contributed by atoms with E-state index in [0.717, 1.165) is 11.1 Å². The van der Waals surface area contributed by atoms with E-state index < -0.39 is 0 Å². The van der Waals surface area contributed by atoms with E-state index in [1.807, 2.05) is 25.1 Å². The van der Waals surface area contributed by atoms with Crippen LogP contribution in [0.4, 0.5) is 5.69 Å². The molecule has 1 aromatic carbocycles. The standard InChI is InChI=1S/C15H16N2O2/c1-11-2-3-14(16)13(10-11)15(18)19-9-6-12-4-7-17-8-5-12/h2-5,7-8,10H,6,9,16H2,1H3. The van der Waals surface area contributed by atoms with Gasteiger partial charge in [-0.2, -0.15) is 0 Å². The smallest absolute Gasteiger partial charge is 0.340 e. The molecule has 0 radical (unpaired) electrons. The fourth-order valence-electron chi connectivity index (χ4n) is 1.74. The summed E-state index contributed by atoms with van der Waals surface area (Å²) >= 11 is 0. The normalized spacial score (nSPS) is 10.2. The predicted octanol–water partition coefficient (Wildman–Crippen LogP) is 2.37. The molecule has 4 nitrogen and oxygen atoms in total. The lowest BCUT2D eigenvalue weighted by Gasteiger charge is -2.07. The molecule has 0 bridgehead atoms. The van der Waals surface area contributed by atoms with Crippen molar-refractivity contribution >= 4 is 11.7 Å². The Morgan fingerprint density at radius 3 is 2.74 bits per heavy atom. The van der Waals surface area contributed by atoms with Crippen LogP contribution in [0.2, 0.25) is 0 Å². The van der Waals surface area contributed by atoms with Gasteiger partial charge in [0.1, 0.15) is 0 Å². The van der Waals surface area contributed by atoms with E-state index in [0.29, 0.717) is 24.3 Å². The number of benzene rings is 1. The molecule has 0 fully saturated rings. The van der Waals surface area contributed by atoms with Gasteiger partial charge in [-0.15, -0.1) is 0 Å². The van der Waals surface area contributed by atoms with E-state index in [2.05, 4.69) is 4.98 Å². The van der Waals surface area contributed by atoms with Gasteiger partial charge in [0.15, 0.2) is 0 Å². The molecule has 2 rings (SSSR count). The van der Waals surface area contributed by atoms with Gasteiger partial charge in [0.05, 0.1) is 12.2 Å². The van der Waals surface area contributed by atoms with Gasteiger partial charge in [-0.25, -0.2) is 4.79 Å². The van der Waals surface area contributed by atoms with Gasteiger partial charge in [0.2, 0.25) is 0 Å². The van der Waals surface area contributed by atoms with Gasteiger partial charge in [-0.05, 0) is 36.8 Å². The number of esters is 1. The Labute approximate surface area is 112 Å². The van der Waals surface area contributed by atoms with E-state index in [9.17, 15) is 4.79 Å². The Kier molecular flexibility index (Phi) is 4.13. The van der Waals surface area contributed by atoms with Crippen LogP contribution in [0.5, 0.6) is 0 Å². The minimum absolute atomic E-state index is 0.330. The van der Waals surface area contributed by atoms with Gasteiger partial charge in [0, 0.05) is 24.5 Å². The van der Waals surface area contributed by atoms with Crippen LogP contribution in [0.1, 0.15) is 21.5 Å². The van der Waals surface area contributed by atoms with Crippen LogP contribution in [0, 0.1) is 6.92 Å². The minimum Gasteiger partial charge on any atom is -0.462 e. The third kappa shape index (κ3) is 3.55. The summed E-state index contributed by atoms with van der Waals surface area (Å²) in [5.74, 6) is -0.379. The molecule has 2 N–H and O–H groups in total. The first-order chi connectivity index (χ1) is 9.16. The first kappa shape index (κ1) is 13.1. The van der Waals surface area contributed by atoms with Crippen molar-refractivity contribution in [2.75, 3.05) is 12.3 Å². The van der Waals surface area contributed by atoms with Crippen molar-refractivity contribution in [3.63, 3.8) is 0 Å². The molecule has 0 aliphatic heterocycles. The number of rotatable bonds is 4.